The van der Waals surface area contributed by atoms with Crippen molar-refractivity contribution in [2.75, 3.05) is 0 Å². The van der Waals surface area contributed by atoms with Crippen LogP contribution in [0, 0.1) is 5.82 Å². The van der Waals surface area contributed by atoms with Gasteiger partial charge < -0.3 is 15.0 Å². The van der Waals surface area contributed by atoms with Crippen molar-refractivity contribution in [3.63, 3.8) is 0 Å². The second kappa shape index (κ2) is 4.97. The number of nitrogens with zero attached hydrogens (tertiary/aromatic N) is 2. The average Bonchev–Trinajstić information content (AvgIpc) is 2.37. The van der Waals surface area contributed by atoms with Crippen LogP contribution >= 0.6 is 0 Å². The summed E-state index contributed by atoms with van der Waals surface area (Å²) >= 11 is 0. The van der Waals surface area contributed by atoms with Crippen molar-refractivity contribution >= 4 is 0 Å². The normalized spacial score (nSPS) is 10.4. The lowest BCUT2D eigenvalue weighted by Crippen LogP contribution is -2.18. The minimum absolute atomic E-state index is 0.0528. The molecular weight excluding hydrogens is 237 g/mol. The maximum Gasteiger partial charge on any atom is 0.313 e. The number of aromatic nitrogens is 2. The van der Waals surface area contributed by atoms with Crippen molar-refractivity contribution in [1.29, 1.82) is 0 Å². The van der Waals surface area contributed by atoms with E-state index in [0.29, 0.717) is 5.56 Å². The van der Waals surface area contributed by atoms with Crippen LogP contribution in [-0.2, 0) is 13.6 Å². The first kappa shape index (κ1) is 12.3. The highest BCUT2D eigenvalue weighted by molar-refractivity contribution is 5.31. The second-order valence-electron chi connectivity index (χ2n) is 3.72. The van der Waals surface area contributed by atoms with Crippen molar-refractivity contribution in [3.8, 4) is 11.6 Å². The third-order valence-corrected chi connectivity index (χ3v) is 2.42. The summed E-state index contributed by atoms with van der Waals surface area (Å²) in [5.41, 5.74) is 5.61. The highest BCUT2D eigenvalue weighted by Crippen LogP contribution is 2.21. The minimum Gasteiger partial charge on any atom is -0.432 e. The molecule has 0 aliphatic carbocycles. The van der Waals surface area contributed by atoms with Crippen LogP contribution < -0.4 is 16.0 Å². The van der Waals surface area contributed by atoms with Crippen LogP contribution in [0.1, 0.15) is 5.56 Å². The van der Waals surface area contributed by atoms with Gasteiger partial charge in [0.2, 0.25) is 0 Å². The van der Waals surface area contributed by atoms with Crippen LogP contribution in [0.3, 0.4) is 0 Å². The second-order valence-corrected chi connectivity index (χ2v) is 3.72. The zero-order valence-corrected chi connectivity index (χ0v) is 9.76. The Morgan fingerprint density at radius 1 is 1.50 bits per heavy atom. The molecule has 18 heavy (non-hydrogen) atoms. The van der Waals surface area contributed by atoms with E-state index in [4.69, 9.17) is 10.5 Å². The lowest BCUT2D eigenvalue weighted by atomic mass is 10.2. The first-order chi connectivity index (χ1) is 8.61. The fourth-order valence-electron chi connectivity index (χ4n) is 1.40. The molecule has 1 heterocycles. The molecule has 0 amide bonds. The number of aryl methyl sites for hydroxylation is 1. The first-order valence-electron chi connectivity index (χ1n) is 5.30. The molecule has 94 valence electrons. The predicted octanol–water partition coefficient (Wildman–Crippen LogP) is 1.17. The van der Waals surface area contributed by atoms with Crippen molar-refractivity contribution in [2.45, 2.75) is 6.54 Å². The van der Waals surface area contributed by atoms with Crippen LogP contribution in [0.5, 0.6) is 11.6 Å². The summed E-state index contributed by atoms with van der Waals surface area (Å²) < 4.78 is 20.1. The number of benzene rings is 1. The van der Waals surface area contributed by atoms with Gasteiger partial charge in [-0.3, -0.25) is 4.79 Å². The summed E-state index contributed by atoms with van der Waals surface area (Å²) in [5, 5.41) is 0. The Hall–Kier alpha value is -2.21. The zero-order valence-electron chi connectivity index (χ0n) is 9.76. The first-order valence-corrected chi connectivity index (χ1v) is 5.30. The van der Waals surface area contributed by atoms with Crippen molar-refractivity contribution in [3.05, 3.63) is 52.3 Å². The minimum atomic E-state index is -0.578. The van der Waals surface area contributed by atoms with Crippen LogP contribution in [0.4, 0.5) is 4.39 Å². The Morgan fingerprint density at radius 2 is 2.28 bits per heavy atom. The molecule has 0 fully saturated rings. The molecule has 2 aromatic rings. The molecule has 1 aromatic carbocycles. The van der Waals surface area contributed by atoms with Crippen LogP contribution in [0.15, 0.2) is 35.4 Å². The van der Waals surface area contributed by atoms with Gasteiger partial charge in [-0.1, -0.05) is 6.07 Å². The van der Waals surface area contributed by atoms with Crippen molar-refractivity contribution in [1.82, 2.24) is 9.55 Å². The molecule has 0 aliphatic rings. The Labute approximate surface area is 103 Å². The third-order valence-electron chi connectivity index (χ3n) is 2.42. The average molecular weight is 249 g/mol. The van der Waals surface area contributed by atoms with Gasteiger partial charge in [-0.2, -0.15) is 0 Å². The van der Waals surface area contributed by atoms with Gasteiger partial charge in [0, 0.05) is 26.0 Å². The van der Waals surface area contributed by atoms with E-state index in [-0.39, 0.29) is 18.2 Å². The van der Waals surface area contributed by atoms with Crippen molar-refractivity contribution in [2.24, 2.45) is 12.8 Å². The van der Waals surface area contributed by atoms with Gasteiger partial charge >= 0.3 is 5.56 Å². The molecule has 0 unspecified atom stereocenters. The predicted molar refractivity (Wildman–Crippen MR) is 63.8 cm³/mol. The van der Waals surface area contributed by atoms with Crippen LogP contribution in [-0.4, -0.2) is 9.55 Å². The summed E-state index contributed by atoms with van der Waals surface area (Å²) in [7, 11) is 1.56. The fourth-order valence-corrected chi connectivity index (χ4v) is 1.40. The standard InChI is InChI=1S/C12H12FN3O2/c1-16-5-4-15-11(12(16)17)18-10-3-2-8(7-14)6-9(10)13/h2-6H,7,14H2,1H3. The maximum absolute atomic E-state index is 13.6. The Kier molecular flexibility index (Phi) is 3.38. The monoisotopic (exact) mass is 249 g/mol. The number of hydrogen-bond acceptors (Lipinski definition) is 4. The van der Waals surface area contributed by atoms with Gasteiger partial charge in [0.1, 0.15) is 0 Å². The molecular formula is C12H12FN3O2. The molecule has 1 aromatic heterocycles. The molecule has 0 spiro atoms. The van der Waals surface area contributed by atoms with Gasteiger partial charge in [-0.15, -0.1) is 0 Å². The smallest absolute Gasteiger partial charge is 0.313 e. The third kappa shape index (κ3) is 2.38. The molecule has 0 bridgehead atoms. The summed E-state index contributed by atoms with van der Waals surface area (Å²) in [5.74, 6) is -0.798. The highest BCUT2D eigenvalue weighted by Gasteiger charge is 2.10. The van der Waals surface area contributed by atoms with Crippen LogP contribution in [0.2, 0.25) is 0 Å². The van der Waals surface area contributed by atoms with Crippen LogP contribution in [0.25, 0.3) is 0 Å². The highest BCUT2D eigenvalue weighted by atomic mass is 19.1. The van der Waals surface area contributed by atoms with Gasteiger partial charge in [-0.25, -0.2) is 9.37 Å². The Morgan fingerprint density at radius 3 is 2.94 bits per heavy atom. The Balaban J connectivity index is 2.34. The van der Waals surface area contributed by atoms with Gasteiger partial charge in [0.15, 0.2) is 11.6 Å². The lowest BCUT2D eigenvalue weighted by Gasteiger charge is -2.07. The quantitative estimate of drug-likeness (QED) is 0.886. The van der Waals surface area contributed by atoms with E-state index in [9.17, 15) is 9.18 Å². The molecule has 6 heteroatoms. The molecule has 0 saturated heterocycles. The largest absolute Gasteiger partial charge is 0.432 e. The van der Waals surface area contributed by atoms with Gasteiger partial charge in [-0.05, 0) is 17.7 Å². The molecule has 2 N–H and O–H groups in total. The number of ether oxygens (including phenoxy) is 1. The number of nitrogens with two attached hydrogens (primary N) is 1. The summed E-state index contributed by atoms with van der Waals surface area (Å²) in [6.45, 7) is 0.239. The summed E-state index contributed by atoms with van der Waals surface area (Å²) in [6.07, 6.45) is 2.89. The zero-order chi connectivity index (χ0) is 13.1. The van der Waals surface area contributed by atoms with Crippen molar-refractivity contribution < 1.29 is 9.13 Å². The molecule has 0 aliphatic heterocycles. The fraction of sp³-hybridized carbons (Fsp3) is 0.167. The summed E-state index contributed by atoms with van der Waals surface area (Å²) in [4.78, 5) is 15.4. The SMILES string of the molecule is Cn1ccnc(Oc2ccc(CN)cc2F)c1=O. The Bertz CT molecular complexity index is 625. The van der Waals surface area contributed by atoms with E-state index in [1.165, 1.54) is 29.1 Å². The van der Waals surface area contributed by atoms with E-state index in [0.717, 1.165) is 0 Å². The summed E-state index contributed by atoms with van der Waals surface area (Å²) in [6, 6.07) is 4.32. The number of rotatable bonds is 3. The van der Waals surface area contributed by atoms with E-state index >= 15 is 0 Å². The maximum atomic E-state index is 13.6. The van der Waals surface area contributed by atoms with Gasteiger partial charge in [0.05, 0.1) is 0 Å². The topological polar surface area (TPSA) is 70.1 Å². The van der Waals surface area contributed by atoms with E-state index < -0.39 is 11.4 Å². The van der Waals surface area contributed by atoms with E-state index in [2.05, 4.69) is 4.98 Å². The molecule has 2 rings (SSSR count). The lowest BCUT2D eigenvalue weighted by molar-refractivity contribution is 0.416. The van der Waals surface area contributed by atoms with Gasteiger partial charge in [0.25, 0.3) is 5.88 Å². The molecule has 0 radical (unpaired) electrons. The molecule has 0 saturated carbocycles. The molecule has 5 nitrogen and oxygen atoms in total. The van der Waals surface area contributed by atoms with E-state index in [1.807, 2.05) is 0 Å². The van der Waals surface area contributed by atoms with E-state index in [1.54, 1.807) is 13.1 Å². The number of halogens is 1. The molecule has 0 atom stereocenters. The number of hydrogen-bond donors (Lipinski definition) is 1.